The third-order valence-corrected chi connectivity index (χ3v) is 3.30. The number of rotatable bonds is 4. The summed E-state index contributed by atoms with van der Waals surface area (Å²) in [5.41, 5.74) is 0.891. The molecular weight excluding hydrogens is 272 g/mol. The van der Waals surface area contributed by atoms with Crippen LogP contribution in [0.5, 0.6) is 0 Å². The molecule has 1 heterocycles. The van der Waals surface area contributed by atoms with E-state index in [1.807, 2.05) is 30.3 Å². The van der Waals surface area contributed by atoms with E-state index in [0.29, 0.717) is 0 Å². The van der Waals surface area contributed by atoms with Gasteiger partial charge in [-0.3, -0.25) is 4.79 Å². The van der Waals surface area contributed by atoms with Gasteiger partial charge in [0.05, 0.1) is 6.61 Å². The highest BCUT2D eigenvalue weighted by atomic mass is 16.7. The second kappa shape index (κ2) is 6.10. The van der Waals surface area contributed by atoms with Crippen molar-refractivity contribution in [3.63, 3.8) is 0 Å². The SMILES string of the molecule is CCOC(=O)C1(O)CC(c2ccccc2)C=C(C(C)=O)O1. The van der Waals surface area contributed by atoms with Crippen molar-refractivity contribution in [2.24, 2.45) is 0 Å². The molecule has 0 radical (unpaired) electrons. The fourth-order valence-electron chi connectivity index (χ4n) is 2.27. The van der Waals surface area contributed by atoms with Gasteiger partial charge in [-0.1, -0.05) is 30.3 Å². The first-order valence-corrected chi connectivity index (χ1v) is 6.82. The van der Waals surface area contributed by atoms with Gasteiger partial charge in [-0.05, 0) is 18.6 Å². The molecular formula is C16H18O5. The van der Waals surface area contributed by atoms with Crippen LogP contribution in [0.25, 0.3) is 0 Å². The van der Waals surface area contributed by atoms with Crippen LogP contribution in [0.2, 0.25) is 0 Å². The van der Waals surface area contributed by atoms with E-state index in [9.17, 15) is 14.7 Å². The highest BCUT2D eigenvalue weighted by molar-refractivity contribution is 5.92. The van der Waals surface area contributed by atoms with Gasteiger partial charge in [0.1, 0.15) is 0 Å². The predicted octanol–water partition coefficient (Wildman–Crippen LogP) is 1.92. The summed E-state index contributed by atoms with van der Waals surface area (Å²) in [4.78, 5) is 23.5. The molecule has 1 aliphatic rings. The molecule has 5 nitrogen and oxygen atoms in total. The zero-order valence-electron chi connectivity index (χ0n) is 12.0. The van der Waals surface area contributed by atoms with Crippen LogP contribution in [-0.2, 0) is 19.1 Å². The van der Waals surface area contributed by atoms with Crippen molar-refractivity contribution in [2.45, 2.75) is 32.0 Å². The number of hydrogen-bond acceptors (Lipinski definition) is 5. The zero-order chi connectivity index (χ0) is 15.5. The molecule has 0 amide bonds. The normalized spacial score (nSPS) is 24.7. The van der Waals surface area contributed by atoms with E-state index in [-0.39, 0.29) is 30.5 Å². The second-order valence-electron chi connectivity index (χ2n) is 4.92. The Labute approximate surface area is 123 Å². The number of allylic oxidation sites excluding steroid dienone is 2. The van der Waals surface area contributed by atoms with Crippen molar-refractivity contribution in [3.05, 3.63) is 47.7 Å². The molecule has 2 rings (SSSR count). The lowest BCUT2D eigenvalue weighted by molar-refractivity contribution is -0.221. The zero-order valence-corrected chi connectivity index (χ0v) is 12.0. The summed E-state index contributed by atoms with van der Waals surface area (Å²) in [5, 5.41) is 10.4. The highest BCUT2D eigenvalue weighted by Gasteiger charge is 2.46. The summed E-state index contributed by atoms with van der Waals surface area (Å²) in [6, 6.07) is 9.33. The molecule has 5 heteroatoms. The molecule has 21 heavy (non-hydrogen) atoms. The molecule has 2 unspecified atom stereocenters. The molecule has 1 aromatic rings. The quantitative estimate of drug-likeness (QED) is 0.858. The maximum atomic E-state index is 11.9. The van der Waals surface area contributed by atoms with Crippen molar-refractivity contribution in [2.75, 3.05) is 6.61 Å². The van der Waals surface area contributed by atoms with E-state index in [1.165, 1.54) is 6.92 Å². The van der Waals surface area contributed by atoms with Crippen LogP contribution in [0.4, 0.5) is 0 Å². The van der Waals surface area contributed by atoms with Crippen LogP contribution in [-0.4, -0.2) is 29.3 Å². The monoisotopic (exact) mass is 290 g/mol. The Morgan fingerprint density at radius 2 is 2.05 bits per heavy atom. The molecule has 1 aromatic carbocycles. The molecule has 2 atom stereocenters. The molecule has 0 saturated carbocycles. The number of carbonyl (C=O) groups excluding carboxylic acids is 2. The van der Waals surface area contributed by atoms with Gasteiger partial charge in [0.25, 0.3) is 0 Å². The Kier molecular flexibility index (Phi) is 4.43. The van der Waals surface area contributed by atoms with Gasteiger partial charge in [-0.15, -0.1) is 0 Å². The Bertz CT molecular complexity index is 563. The summed E-state index contributed by atoms with van der Waals surface area (Å²) in [7, 11) is 0. The van der Waals surface area contributed by atoms with E-state index in [0.717, 1.165) is 5.56 Å². The maximum Gasteiger partial charge on any atom is 0.379 e. The van der Waals surface area contributed by atoms with Gasteiger partial charge >= 0.3 is 11.8 Å². The van der Waals surface area contributed by atoms with E-state index >= 15 is 0 Å². The fraction of sp³-hybridized carbons (Fsp3) is 0.375. The number of esters is 1. The van der Waals surface area contributed by atoms with Crippen molar-refractivity contribution in [1.29, 1.82) is 0 Å². The minimum Gasteiger partial charge on any atom is -0.461 e. The van der Waals surface area contributed by atoms with Crippen LogP contribution in [0, 0.1) is 0 Å². The molecule has 0 spiro atoms. The van der Waals surface area contributed by atoms with Gasteiger partial charge < -0.3 is 14.6 Å². The Morgan fingerprint density at radius 1 is 1.38 bits per heavy atom. The van der Waals surface area contributed by atoms with Crippen molar-refractivity contribution in [3.8, 4) is 0 Å². The third kappa shape index (κ3) is 3.31. The molecule has 0 aliphatic carbocycles. The van der Waals surface area contributed by atoms with Gasteiger partial charge in [0.15, 0.2) is 11.5 Å². The maximum absolute atomic E-state index is 11.9. The van der Waals surface area contributed by atoms with Crippen molar-refractivity contribution >= 4 is 11.8 Å². The van der Waals surface area contributed by atoms with Gasteiger partial charge in [-0.2, -0.15) is 0 Å². The molecule has 112 valence electrons. The molecule has 0 saturated heterocycles. The fourth-order valence-corrected chi connectivity index (χ4v) is 2.27. The average molecular weight is 290 g/mol. The lowest BCUT2D eigenvalue weighted by atomic mass is 9.88. The summed E-state index contributed by atoms with van der Waals surface area (Å²) in [5.74, 6) is -3.68. The number of aliphatic hydroxyl groups is 1. The smallest absolute Gasteiger partial charge is 0.379 e. The van der Waals surface area contributed by atoms with E-state index in [1.54, 1.807) is 13.0 Å². The molecule has 0 bridgehead atoms. The highest BCUT2D eigenvalue weighted by Crippen LogP contribution is 2.36. The number of Topliss-reactive ketones (excluding diaryl/α,β-unsaturated/α-hetero) is 1. The van der Waals surface area contributed by atoms with Gasteiger partial charge in [0.2, 0.25) is 0 Å². The number of ether oxygens (including phenoxy) is 2. The second-order valence-corrected chi connectivity index (χ2v) is 4.92. The molecule has 0 fully saturated rings. The lowest BCUT2D eigenvalue weighted by Gasteiger charge is -2.34. The summed E-state index contributed by atoms with van der Waals surface area (Å²) in [6.45, 7) is 3.09. The largest absolute Gasteiger partial charge is 0.461 e. The number of hydrogen-bond donors (Lipinski definition) is 1. The summed E-state index contributed by atoms with van der Waals surface area (Å²) < 4.78 is 10.0. The number of benzene rings is 1. The number of carbonyl (C=O) groups is 2. The van der Waals surface area contributed by atoms with Gasteiger partial charge in [-0.25, -0.2) is 4.79 Å². The molecule has 0 aromatic heterocycles. The standard InChI is InChI=1S/C16H18O5/c1-3-20-15(18)16(19)10-13(9-14(21-16)11(2)17)12-7-5-4-6-8-12/h4-9,13,19H,3,10H2,1-2H3. The minimum absolute atomic E-state index is 0.00657. The Balaban J connectivity index is 2.36. The molecule has 1 N–H and O–H groups in total. The summed E-state index contributed by atoms with van der Waals surface area (Å²) in [6.07, 6.45) is 1.64. The minimum atomic E-state index is -2.13. The van der Waals surface area contributed by atoms with Crippen LogP contribution < -0.4 is 0 Å². The Morgan fingerprint density at radius 3 is 2.62 bits per heavy atom. The van der Waals surface area contributed by atoms with Crippen molar-refractivity contribution in [1.82, 2.24) is 0 Å². The third-order valence-electron chi connectivity index (χ3n) is 3.30. The van der Waals surface area contributed by atoms with Crippen LogP contribution in [0.15, 0.2) is 42.2 Å². The first-order chi connectivity index (χ1) is 9.96. The van der Waals surface area contributed by atoms with Crippen LogP contribution in [0.3, 0.4) is 0 Å². The summed E-state index contributed by atoms with van der Waals surface area (Å²) >= 11 is 0. The van der Waals surface area contributed by atoms with Crippen molar-refractivity contribution < 1.29 is 24.2 Å². The van der Waals surface area contributed by atoms with E-state index in [4.69, 9.17) is 9.47 Å². The lowest BCUT2D eigenvalue weighted by Crippen LogP contribution is -2.46. The Hall–Kier alpha value is -2.14. The van der Waals surface area contributed by atoms with Crippen LogP contribution >= 0.6 is 0 Å². The first kappa shape index (κ1) is 15.3. The average Bonchev–Trinajstić information content (AvgIpc) is 2.48. The molecule has 1 aliphatic heterocycles. The van der Waals surface area contributed by atoms with Crippen LogP contribution in [0.1, 0.15) is 31.7 Å². The number of ketones is 1. The van der Waals surface area contributed by atoms with E-state index < -0.39 is 11.8 Å². The first-order valence-electron chi connectivity index (χ1n) is 6.82. The topological polar surface area (TPSA) is 72.8 Å². The predicted molar refractivity (Wildman–Crippen MR) is 75.2 cm³/mol. The van der Waals surface area contributed by atoms with E-state index in [2.05, 4.69) is 0 Å². The van der Waals surface area contributed by atoms with Gasteiger partial charge in [0, 0.05) is 19.3 Å².